The number of hydrogen-bond donors (Lipinski definition) is 2. The van der Waals surface area contributed by atoms with Crippen molar-refractivity contribution in [3.05, 3.63) is 110 Å². The molecule has 0 aliphatic heterocycles. The number of para-hydroxylation sites is 1. The van der Waals surface area contributed by atoms with Crippen LogP contribution in [0.25, 0.3) is 17.0 Å². The van der Waals surface area contributed by atoms with Crippen LogP contribution in [0.1, 0.15) is 16.7 Å². The summed E-state index contributed by atoms with van der Waals surface area (Å²) in [5.74, 6) is -0.00506. The van der Waals surface area contributed by atoms with E-state index >= 15 is 0 Å². The van der Waals surface area contributed by atoms with Crippen LogP contribution in [-0.4, -0.2) is 22.4 Å². The van der Waals surface area contributed by atoms with Crippen molar-refractivity contribution in [2.45, 2.75) is 13.0 Å². The van der Waals surface area contributed by atoms with E-state index < -0.39 is 10.8 Å². The number of hydrogen-bond acceptors (Lipinski definition) is 5. The van der Waals surface area contributed by atoms with E-state index in [4.69, 9.17) is 4.74 Å². The number of nitro benzene ring substituents is 1. The zero-order chi connectivity index (χ0) is 25.5. The maximum absolute atomic E-state index is 12.7. The second kappa shape index (κ2) is 11.3. The highest BCUT2D eigenvalue weighted by atomic mass is 79.9. The molecule has 4 rings (SSSR count). The molecular formula is C27H21BrN4O4. The first-order valence-corrected chi connectivity index (χ1v) is 11.8. The summed E-state index contributed by atoms with van der Waals surface area (Å²) in [6.07, 6.45) is 4.03. The van der Waals surface area contributed by atoms with Gasteiger partial charge in [0.2, 0.25) is 0 Å². The average Bonchev–Trinajstić information content (AvgIpc) is 3.30. The first kappa shape index (κ1) is 24.7. The third-order valence-electron chi connectivity index (χ3n) is 5.53. The smallest absolute Gasteiger partial charge is 0.269 e. The fourth-order valence-corrected chi connectivity index (χ4v) is 4.07. The number of fused-ring (bicyclic) bond motifs is 1. The van der Waals surface area contributed by atoms with E-state index in [1.807, 2.05) is 36.5 Å². The highest BCUT2D eigenvalue weighted by molar-refractivity contribution is 9.10. The van der Waals surface area contributed by atoms with Crippen molar-refractivity contribution in [2.75, 3.05) is 6.54 Å². The Morgan fingerprint density at radius 1 is 1.17 bits per heavy atom. The number of aromatic nitrogens is 1. The quantitative estimate of drug-likeness (QED) is 0.121. The number of H-pyrrole nitrogens is 1. The number of benzene rings is 3. The lowest BCUT2D eigenvalue weighted by atomic mass is 10.1. The molecule has 0 bridgehead atoms. The summed E-state index contributed by atoms with van der Waals surface area (Å²) in [6, 6.07) is 21.2. The monoisotopic (exact) mass is 544 g/mol. The number of amides is 1. The van der Waals surface area contributed by atoms with Crippen molar-refractivity contribution in [1.29, 1.82) is 5.26 Å². The number of halogens is 1. The highest BCUT2D eigenvalue weighted by Gasteiger charge is 2.12. The van der Waals surface area contributed by atoms with E-state index in [1.165, 1.54) is 18.2 Å². The molecule has 9 heteroatoms. The van der Waals surface area contributed by atoms with E-state index in [1.54, 1.807) is 30.3 Å². The molecule has 4 aromatic rings. The van der Waals surface area contributed by atoms with Gasteiger partial charge in [-0.3, -0.25) is 14.9 Å². The lowest BCUT2D eigenvalue weighted by molar-refractivity contribution is -0.384. The molecule has 0 aliphatic carbocycles. The zero-order valence-corrected chi connectivity index (χ0v) is 20.6. The Hall–Kier alpha value is -4.42. The van der Waals surface area contributed by atoms with Crippen LogP contribution >= 0.6 is 15.9 Å². The normalized spacial score (nSPS) is 11.2. The molecule has 0 atom stereocenters. The topological polar surface area (TPSA) is 121 Å². The number of aromatic amines is 1. The average molecular weight is 545 g/mol. The molecule has 8 nitrogen and oxygen atoms in total. The van der Waals surface area contributed by atoms with E-state index in [0.29, 0.717) is 24.3 Å². The predicted molar refractivity (Wildman–Crippen MR) is 140 cm³/mol. The third-order valence-corrected chi connectivity index (χ3v) is 6.03. The van der Waals surface area contributed by atoms with E-state index in [9.17, 15) is 20.2 Å². The zero-order valence-electron chi connectivity index (χ0n) is 19.0. The van der Waals surface area contributed by atoms with Gasteiger partial charge in [-0.1, -0.05) is 34.1 Å². The number of nitriles is 1. The molecule has 0 radical (unpaired) electrons. The third kappa shape index (κ3) is 5.98. The van der Waals surface area contributed by atoms with Crippen LogP contribution in [0.4, 0.5) is 5.69 Å². The molecule has 3 aromatic carbocycles. The molecule has 0 saturated heterocycles. The number of ether oxygens (including phenoxy) is 1. The SMILES string of the molecule is N#C/C(=C/c1cc(Br)ccc1OCc1ccc([N+](=O)[O-])cc1)C(=O)NCCc1c[nH]c2ccccc12. The number of nitrogens with zero attached hydrogens (tertiary/aromatic N) is 2. The molecular weight excluding hydrogens is 524 g/mol. The van der Waals surface area contributed by atoms with Gasteiger partial charge in [0, 0.05) is 45.8 Å². The van der Waals surface area contributed by atoms with Crippen LogP contribution in [0.3, 0.4) is 0 Å². The second-order valence-electron chi connectivity index (χ2n) is 7.93. The van der Waals surface area contributed by atoms with Crippen molar-refractivity contribution in [3.63, 3.8) is 0 Å². The van der Waals surface area contributed by atoms with E-state index in [-0.39, 0.29) is 17.9 Å². The van der Waals surface area contributed by atoms with Gasteiger partial charge >= 0.3 is 0 Å². The van der Waals surface area contributed by atoms with Gasteiger partial charge in [-0.05, 0) is 60.0 Å². The molecule has 1 heterocycles. The Bertz CT molecular complexity index is 1490. The summed E-state index contributed by atoms with van der Waals surface area (Å²) in [5, 5.41) is 24.4. The first-order valence-electron chi connectivity index (χ1n) is 11.1. The molecule has 0 aliphatic rings. The lowest BCUT2D eigenvalue weighted by Gasteiger charge is -2.11. The summed E-state index contributed by atoms with van der Waals surface area (Å²) < 4.78 is 6.65. The Labute approximate surface area is 215 Å². The summed E-state index contributed by atoms with van der Waals surface area (Å²) in [7, 11) is 0. The molecule has 0 spiro atoms. The number of rotatable bonds is 9. The van der Waals surface area contributed by atoms with Crippen LogP contribution in [0, 0.1) is 21.4 Å². The molecule has 0 fully saturated rings. The number of nitro groups is 1. The summed E-state index contributed by atoms with van der Waals surface area (Å²) in [5.41, 5.74) is 3.37. The predicted octanol–water partition coefficient (Wildman–Crippen LogP) is 5.68. The van der Waals surface area contributed by atoms with Crippen LogP contribution < -0.4 is 10.1 Å². The molecule has 36 heavy (non-hydrogen) atoms. The van der Waals surface area contributed by atoms with Gasteiger partial charge < -0.3 is 15.0 Å². The van der Waals surface area contributed by atoms with Crippen LogP contribution in [0.5, 0.6) is 5.75 Å². The van der Waals surface area contributed by atoms with Gasteiger partial charge in [0.15, 0.2) is 0 Å². The van der Waals surface area contributed by atoms with Gasteiger partial charge in [-0.15, -0.1) is 0 Å². The fraction of sp³-hybridized carbons (Fsp3) is 0.111. The summed E-state index contributed by atoms with van der Waals surface area (Å²) >= 11 is 3.41. The minimum Gasteiger partial charge on any atom is -0.488 e. The maximum atomic E-state index is 12.7. The minimum atomic E-state index is -0.473. The van der Waals surface area contributed by atoms with Crippen molar-refractivity contribution in [3.8, 4) is 11.8 Å². The molecule has 1 amide bonds. The standard InChI is InChI=1S/C27H21BrN4O4/c28-22-7-10-26(36-17-18-5-8-23(9-6-18)32(34)35)20(14-22)13-21(15-29)27(33)30-12-11-19-16-31-25-4-2-1-3-24(19)25/h1-10,13-14,16,31H,11-12,17H2,(H,30,33)/b21-13-. The van der Waals surface area contributed by atoms with Gasteiger partial charge in [0.25, 0.3) is 11.6 Å². The van der Waals surface area contributed by atoms with Gasteiger partial charge in [0.05, 0.1) is 4.92 Å². The Morgan fingerprint density at radius 2 is 1.94 bits per heavy atom. The van der Waals surface area contributed by atoms with Crippen LogP contribution in [-0.2, 0) is 17.8 Å². The maximum Gasteiger partial charge on any atom is 0.269 e. The van der Waals surface area contributed by atoms with Gasteiger partial charge in [-0.25, -0.2) is 0 Å². The molecule has 2 N–H and O–H groups in total. The Balaban J connectivity index is 1.43. The minimum absolute atomic E-state index is 0.000354. The summed E-state index contributed by atoms with van der Waals surface area (Å²) in [6.45, 7) is 0.543. The highest BCUT2D eigenvalue weighted by Crippen LogP contribution is 2.27. The molecule has 180 valence electrons. The fourth-order valence-electron chi connectivity index (χ4n) is 3.69. The lowest BCUT2D eigenvalue weighted by Crippen LogP contribution is -2.26. The number of nitrogens with one attached hydrogen (secondary N) is 2. The van der Waals surface area contributed by atoms with Crippen LogP contribution in [0.15, 0.2) is 83.0 Å². The molecule has 1 aromatic heterocycles. The Kier molecular flexibility index (Phi) is 7.78. The number of carbonyl (C=O) groups is 1. The van der Waals surface area contributed by atoms with Crippen molar-refractivity contribution >= 4 is 44.5 Å². The second-order valence-corrected chi connectivity index (χ2v) is 8.85. The van der Waals surface area contributed by atoms with Crippen molar-refractivity contribution in [2.24, 2.45) is 0 Å². The molecule has 0 saturated carbocycles. The van der Waals surface area contributed by atoms with Crippen LogP contribution in [0.2, 0.25) is 0 Å². The van der Waals surface area contributed by atoms with Gasteiger partial charge in [-0.2, -0.15) is 5.26 Å². The Morgan fingerprint density at radius 3 is 2.69 bits per heavy atom. The van der Waals surface area contributed by atoms with E-state index in [0.717, 1.165) is 26.5 Å². The van der Waals surface area contributed by atoms with Crippen molar-refractivity contribution < 1.29 is 14.5 Å². The van der Waals surface area contributed by atoms with Gasteiger partial charge in [0.1, 0.15) is 24.0 Å². The molecule has 0 unspecified atom stereocenters. The largest absolute Gasteiger partial charge is 0.488 e. The van der Waals surface area contributed by atoms with E-state index in [2.05, 4.69) is 26.2 Å². The van der Waals surface area contributed by atoms with Crippen molar-refractivity contribution in [1.82, 2.24) is 10.3 Å². The number of carbonyl (C=O) groups excluding carboxylic acids is 1. The first-order chi connectivity index (χ1) is 17.4. The summed E-state index contributed by atoms with van der Waals surface area (Å²) in [4.78, 5) is 26.3. The number of non-ortho nitro benzene ring substituents is 1.